The molecule has 0 heterocycles. The second-order valence-corrected chi connectivity index (χ2v) is 5.15. The second-order valence-electron chi connectivity index (χ2n) is 4.74. The van der Waals surface area contributed by atoms with E-state index in [1.807, 2.05) is 0 Å². The van der Waals surface area contributed by atoms with Gasteiger partial charge in [-0.15, -0.1) is 0 Å². The van der Waals surface area contributed by atoms with Crippen LogP contribution in [-0.4, -0.2) is 49.3 Å². The first-order chi connectivity index (χ1) is 10.4. The van der Waals surface area contributed by atoms with Gasteiger partial charge in [0.25, 0.3) is 5.91 Å². The molecule has 1 rings (SSSR count). The van der Waals surface area contributed by atoms with E-state index in [0.29, 0.717) is 48.0 Å². The number of carboxylic acid groups (broad SMARTS) is 1. The van der Waals surface area contributed by atoms with Gasteiger partial charge in [0.2, 0.25) is 0 Å². The van der Waals surface area contributed by atoms with Crippen LogP contribution in [-0.2, 0) is 0 Å². The third-order valence-corrected chi connectivity index (χ3v) is 3.42. The number of benzene rings is 1. The Morgan fingerprint density at radius 3 is 2.68 bits per heavy atom. The maximum atomic E-state index is 12.4. The number of carbonyl (C=O) groups excluding carboxylic acids is 1. The number of methoxy groups -OCH3 is 1. The molecule has 0 saturated carbocycles. The number of rotatable bonds is 7. The highest BCUT2D eigenvalue weighted by atomic mass is 35.5. The number of anilines is 1. The normalized spacial score (nSPS) is 10.1. The minimum atomic E-state index is -1.05. The van der Waals surface area contributed by atoms with E-state index >= 15 is 0 Å². The lowest BCUT2D eigenvalue weighted by Crippen LogP contribution is -2.29. The monoisotopic (exact) mass is 329 g/mol. The summed E-state index contributed by atoms with van der Waals surface area (Å²) in [4.78, 5) is 24.2. The number of nitrogens with one attached hydrogen (secondary N) is 1. The molecular weight excluding hydrogens is 310 g/mol. The van der Waals surface area contributed by atoms with Crippen molar-refractivity contribution in [2.45, 2.75) is 12.8 Å². The van der Waals surface area contributed by atoms with Crippen molar-refractivity contribution in [3.63, 3.8) is 0 Å². The smallest absolute Gasteiger partial charge is 0.404 e. The lowest BCUT2D eigenvalue weighted by molar-refractivity contribution is 0.0789. The number of carbonyl (C=O) groups is 2. The minimum Gasteiger partial charge on any atom is -0.496 e. The summed E-state index contributed by atoms with van der Waals surface area (Å²) in [5.41, 5.74) is 6.37. The highest BCUT2D eigenvalue weighted by molar-refractivity contribution is 6.33. The third kappa shape index (κ3) is 5.00. The van der Waals surface area contributed by atoms with Gasteiger partial charge in [0, 0.05) is 26.2 Å². The van der Waals surface area contributed by atoms with Crippen LogP contribution in [0.25, 0.3) is 0 Å². The standard InChI is InChI=1S/C14H20ClN3O4/c1-18(6-4-3-5-17-14(20)21)13(19)9-7-10(15)11(16)8-12(9)22-2/h7-8,17H,3-6,16H2,1-2H3,(H,20,21). The van der Waals surface area contributed by atoms with Crippen LogP contribution in [0.2, 0.25) is 5.02 Å². The first-order valence-electron chi connectivity index (χ1n) is 6.72. The first kappa shape index (κ1) is 17.9. The molecule has 0 bridgehead atoms. The van der Waals surface area contributed by atoms with Crippen LogP contribution in [0.15, 0.2) is 12.1 Å². The van der Waals surface area contributed by atoms with Crippen molar-refractivity contribution in [3.8, 4) is 5.75 Å². The van der Waals surface area contributed by atoms with Crippen molar-refractivity contribution in [2.24, 2.45) is 0 Å². The lowest BCUT2D eigenvalue weighted by atomic mass is 10.1. The molecule has 1 aromatic carbocycles. The van der Waals surface area contributed by atoms with Gasteiger partial charge in [-0.25, -0.2) is 4.79 Å². The lowest BCUT2D eigenvalue weighted by Gasteiger charge is -2.19. The Morgan fingerprint density at radius 2 is 2.09 bits per heavy atom. The van der Waals surface area contributed by atoms with Crippen molar-refractivity contribution < 1.29 is 19.4 Å². The zero-order valence-corrected chi connectivity index (χ0v) is 13.3. The third-order valence-electron chi connectivity index (χ3n) is 3.09. The molecule has 0 atom stereocenters. The van der Waals surface area contributed by atoms with Crippen molar-refractivity contribution >= 4 is 29.3 Å². The molecule has 2 amide bonds. The van der Waals surface area contributed by atoms with Crippen molar-refractivity contribution in [2.75, 3.05) is 33.0 Å². The molecule has 0 aliphatic heterocycles. The fourth-order valence-electron chi connectivity index (χ4n) is 1.88. The predicted molar refractivity (Wildman–Crippen MR) is 84.6 cm³/mol. The number of nitrogens with zero attached hydrogens (tertiary/aromatic N) is 1. The van der Waals surface area contributed by atoms with Gasteiger partial charge >= 0.3 is 6.09 Å². The summed E-state index contributed by atoms with van der Waals surface area (Å²) in [5, 5.41) is 11.0. The highest BCUT2D eigenvalue weighted by Gasteiger charge is 2.18. The number of hydrogen-bond acceptors (Lipinski definition) is 4. The fraction of sp³-hybridized carbons (Fsp3) is 0.429. The Balaban J connectivity index is 2.63. The molecule has 0 saturated heterocycles. The van der Waals surface area contributed by atoms with Crippen molar-refractivity contribution in [1.82, 2.24) is 10.2 Å². The van der Waals surface area contributed by atoms with E-state index in [1.165, 1.54) is 24.1 Å². The van der Waals surface area contributed by atoms with E-state index in [-0.39, 0.29) is 5.91 Å². The highest BCUT2D eigenvalue weighted by Crippen LogP contribution is 2.29. The molecule has 0 fully saturated rings. The van der Waals surface area contributed by atoms with E-state index in [2.05, 4.69) is 5.32 Å². The molecule has 8 heteroatoms. The van der Waals surface area contributed by atoms with Crippen molar-refractivity contribution in [3.05, 3.63) is 22.7 Å². The number of nitrogen functional groups attached to an aromatic ring is 1. The number of nitrogens with two attached hydrogens (primary N) is 1. The number of halogens is 1. The number of unbranched alkanes of at least 4 members (excludes halogenated alkanes) is 1. The number of ether oxygens (including phenoxy) is 1. The number of hydrogen-bond donors (Lipinski definition) is 3. The zero-order valence-electron chi connectivity index (χ0n) is 12.6. The maximum Gasteiger partial charge on any atom is 0.404 e. The van der Waals surface area contributed by atoms with Gasteiger partial charge < -0.3 is 25.8 Å². The Labute approximate surface area is 134 Å². The van der Waals surface area contributed by atoms with Crippen LogP contribution in [0.1, 0.15) is 23.2 Å². The van der Waals surface area contributed by atoms with Crippen molar-refractivity contribution in [1.29, 1.82) is 0 Å². The fourth-order valence-corrected chi connectivity index (χ4v) is 2.05. The van der Waals surface area contributed by atoms with E-state index in [0.717, 1.165) is 0 Å². The zero-order chi connectivity index (χ0) is 16.7. The predicted octanol–water partition coefficient (Wildman–Crippen LogP) is 2.05. The van der Waals surface area contributed by atoms with Gasteiger partial charge in [-0.1, -0.05) is 11.6 Å². The molecule has 0 aliphatic carbocycles. The van der Waals surface area contributed by atoms with Gasteiger partial charge in [-0.05, 0) is 18.9 Å². The summed E-state index contributed by atoms with van der Waals surface area (Å²) in [6.45, 7) is 0.847. The molecule has 7 nitrogen and oxygen atoms in total. The molecular formula is C14H20ClN3O4. The SMILES string of the molecule is COc1cc(N)c(Cl)cc1C(=O)N(C)CCCCNC(=O)O. The topological polar surface area (TPSA) is 105 Å². The summed E-state index contributed by atoms with van der Waals surface area (Å²) in [7, 11) is 3.12. The Morgan fingerprint density at radius 1 is 1.41 bits per heavy atom. The van der Waals surface area contributed by atoms with Crippen LogP contribution in [0.5, 0.6) is 5.75 Å². The van der Waals surface area contributed by atoms with Gasteiger partial charge in [0.05, 0.1) is 23.4 Å². The molecule has 0 aliphatic rings. The molecule has 0 spiro atoms. The van der Waals surface area contributed by atoms with Crippen LogP contribution in [0, 0.1) is 0 Å². The van der Waals surface area contributed by atoms with Gasteiger partial charge in [-0.3, -0.25) is 4.79 Å². The number of amides is 2. The average molecular weight is 330 g/mol. The van der Waals surface area contributed by atoms with Crippen LogP contribution in [0.4, 0.5) is 10.5 Å². The summed E-state index contributed by atoms with van der Waals surface area (Å²) >= 11 is 5.95. The van der Waals surface area contributed by atoms with Gasteiger partial charge in [0.15, 0.2) is 0 Å². The molecule has 0 unspecified atom stereocenters. The molecule has 4 N–H and O–H groups in total. The van der Waals surface area contributed by atoms with E-state index in [4.69, 9.17) is 27.2 Å². The second kappa shape index (κ2) is 8.33. The summed E-state index contributed by atoms with van der Waals surface area (Å²) < 4.78 is 5.16. The largest absolute Gasteiger partial charge is 0.496 e. The maximum absolute atomic E-state index is 12.4. The van der Waals surface area contributed by atoms with E-state index in [9.17, 15) is 9.59 Å². The molecule has 0 aromatic heterocycles. The quantitative estimate of drug-likeness (QED) is 0.524. The summed E-state index contributed by atoms with van der Waals surface area (Å²) in [6, 6.07) is 3.00. The minimum absolute atomic E-state index is 0.232. The van der Waals surface area contributed by atoms with Gasteiger partial charge in [0.1, 0.15) is 5.75 Å². The van der Waals surface area contributed by atoms with Gasteiger partial charge in [-0.2, -0.15) is 0 Å². The van der Waals surface area contributed by atoms with E-state index in [1.54, 1.807) is 7.05 Å². The summed E-state index contributed by atoms with van der Waals surface area (Å²) in [5.74, 6) is 0.135. The average Bonchev–Trinajstić information content (AvgIpc) is 2.47. The first-order valence-corrected chi connectivity index (χ1v) is 7.10. The Kier molecular flexibility index (Phi) is 6.78. The molecule has 1 aromatic rings. The Bertz CT molecular complexity index is 551. The molecule has 0 radical (unpaired) electrons. The molecule has 22 heavy (non-hydrogen) atoms. The Hall–Kier alpha value is -2.15. The van der Waals surface area contributed by atoms with Crippen LogP contribution >= 0.6 is 11.6 Å². The van der Waals surface area contributed by atoms with Crippen LogP contribution in [0.3, 0.4) is 0 Å². The molecule has 122 valence electrons. The van der Waals surface area contributed by atoms with Crippen LogP contribution < -0.4 is 15.8 Å². The van der Waals surface area contributed by atoms with E-state index < -0.39 is 6.09 Å². The summed E-state index contributed by atoms with van der Waals surface area (Å²) in [6.07, 6.45) is 0.266.